The molecule has 0 unspecified atom stereocenters. The summed E-state index contributed by atoms with van der Waals surface area (Å²) in [4.78, 5) is 0. The second kappa shape index (κ2) is 54.7. The van der Waals surface area contributed by atoms with Gasteiger partial charge in [-0.15, -0.1) is 0 Å². The smallest absolute Gasteiger partial charge is 0.555 e. The molecule has 0 amide bonds. The summed E-state index contributed by atoms with van der Waals surface area (Å²) in [7, 11) is 6.50. The molecule has 17 heavy (non-hydrogen) atoms. The van der Waals surface area contributed by atoms with Crippen molar-refractivity contribution in [1.29, 1.82) is 0 Å². The molecular formula is C12H28O4Ti. The monoisotopic (exact) mass is 284 g/mol. The van der Waals surface area contributed by atoms with E-state index >= 15 is 0 Å². The van der Waals surface area contributed by atoms with Crippen molar-refractivity contribution < 1.29 is 40.7 Å². The summed E-state index contributed by atoms with van der Waals surface area (Å²) in [6.07, 6.45) is 0. The van der Waals surface area contributed by atoms with E-state index in [0.29, 0.717) is 0 Å². The minimum atomic E-state index is 0. The Hall–Kier alpha value is 0.554. The van der Waals surface area contributed by atoms with Crippen LogP contribution in [0.25, 0.3) is 0 Å². The molecule has 0 aliphatic carbocycles. The van der Waals surface area contributed by atoms with Gasteiger partial charge >= 0.3 is 21.7 Å². The number of hydrogen-bond donors (Lipinski definition) is 0. The third-order valence-corrected chi connectivity index (χ3v) is 0.943. The zero-order valence-corrected chi connectivity index (χ0v) is 14.0. The second-order valence-corrected chi connectivity index (χ2v) is 1.89. The molecule has 0 saturated carbocycles. The van der Waals surface area contributed by atoms with E-state index in [1.807, 2.05) is 27.7 Å². The van der Waals surface area contributed by atoms with Gasteiger partial charge in [0.25, 0.3) is 0 Å². The van der Waals surface area contributed by atoms with E-state index in [9.17, 15) is 0 Å². The Balaban J connectivity index is -0.0000000369. The minimum Gasteiger partial charge on any atom is -0.555 e. The van der Waals surface area contributed by atoms with Crippen molar-refractivity contribution in [3.05, 3.63) is 26.4 Å². The van der Waals surface area contributed by atoms with Crippen LogP contribution in [0.4, 0.5) is 0 Å². The predicted molar refractivity (Wildman–Crippen MR) is 67.9 cm³/mol. The fraction of sp³-hybridized carbons (Fsp3) is 0.667. The molecule has 0 saturated heterocycles. The van der Waals surface area contributed by atoms with Gasteiger partial charge in [0.15, 0.2) is 0 Å². The molecule has 0 aliphatic heterocycles. The van der Waals surface area contributed by atoms with E-state index in [4.69, 9.17) is 0 Å². The van der Waals surface area contributed by atoms with E-state index in [-0.39, 0.29) is 21.7 Å². The van der Waals surface area contributed by atoms with Crippen LogP contribution in [0, 0.1) is 26.4 Å². The van der Waals surface area contributed by atoms with Gasteiger partial charge in [0, 0.05) is 0 Å². The third-order valence-electron chi connectivity index (χ3n) is 0.943. The van der Waals surface area contributed by atoms with Gasteiger partial charge < -0.3 is 18.9 Å². The molecule has 0 N–H and O–H groups in total. The van der Waals surface area contributed by atoms with E-state index in [0.717, 1.165) is 0 Å². The first-order chi connectivity index (χ1) is 7.66. The molecule has 104 valence electrons. The van der Waals surface area contributed by atoms with Crippen molar-refractivity contribution >= 4 is 0 Å². The Kier molecular flexibility index (Phi) is 98.3. The average Bonchev–Trinajstić information content (AvgIpc) is 2.39. The summed E-state index contributed by atoms with van der Waals surface area (Å²) in [5, 5.41) is 0. The first kappa shape index (κ1) is 30.5. The summed E-state index contributed by atoms with van der Waals surface area (Å²) < 4.78 is 17.7. The molecule has 4 nitrogen and oxygen atoms in total. The van der Waals surface area contributed by atoms with Crippen molar-refractivity contribution in [3.8, 4) is 0 Å². The van der Waals surface area contributed by atoms with Crippen LogP contribution in [-0.4, -0.2) is 28.4 Å². The van der Waals surface area contributed by atoms with Crippen LogP contribution in [0.5, 0.6) is 0 Å². The van der Waals surface area contributed by atoms with Gasteiger partial charge in [-0.05, 0) is 28.4 Å². The van der Waals surface area contributed by atoms with Crippen molar-refractivity contribution in [2.45, 2.75) is 27.7 Å². The van der Waals surface area contributed by atoms with Crippen LogP contribution in [0.1, 0.15) is 27.7 Å². The summed E-state index contributed by atoms with van der Waals surface area (Å²) in [5.74, 6) is 0. The predicted octanol–water partition coefficient (Wildman–Crippen LogP) is 3.26. The van der Waals surface area contributed by atoms with Gasteiger partial charge in [-0.3, -0.25) is 0 Å². The van der Waals surface area contributed by atoms with Gasteiger partial charge in [-0.1, -0.05) is 0 Å². The van der Waals surface area contributed by atoms with Crippen molar-refractivity contribution in [3.63, 3.8) is 0 Å². The van der Waals surface area contributed by atoms with Crippen LogP contribution < -0.4 is 0 Å². The van der Waals surface area contributed by atoms with E-state index in [2.05, 4.69) is 18.9 Å². The average molecular weight is 284 g/mol. The summed E-state index contributed by atoms with van der Waals surface area (Å²) in [6.45, 7) is 13.8. The van der Waals surface area contributed by atoms with Gasteiger partial charge in [0.05, 0.1) is 0 Å². The van der Waals surface area contributed by atoms with E-state index < -0.39 is 0 Å². The van der Waals surface area contributed by atoms with E-state index in [1.54, 1.807) is 54.9 Å². The van der Waals surface area contributed by atoms with Crippen LogP contribution in [0.3, 0.4) is 0 Å². The van der Waals surface area contributed by atoms with Crippen LogP contribution in [-0.2, 0) is 40.7 Å². The maximum Gasteiger partial charge on any atom is 4.00 e. The fourth-order valence-corrected chi connectivity index (χ4v) is 0. The normalized spacial score (nSPS) is 7.06. The number of hydrogen-bond acceptors (Lipinski definition) is 4. The van der Waals surface area contributed by atoms with Crippen LogP contribution >= 0.6 is 0 Å². The maximum atomic E-state index is 4.42. The van der Waals surface area contributed by atoms with E-state index in [1.165, 1.54) is 0 Å². The Morgan fingerprint density at radius 3 is 0.529 bits per heavy atom. The van der Waals surface area contributed by atoms with Gasteiger partial charge in [0.2, 0.25) is 0 Å². The molecular weight excluding hydrogens is 256 g/mol. The molecule has 0 aromatic carbocycles. The Bertz CT molecular complexity index is 42.5. The van der Waals surface area contributed by atoms with Crippen molar-refractivity contribution in [2.75, 3.05) is 28.4 Å². The maximum absolute atomic E-state index is 4.42. The topological polar surface area (TPSA) is 36.9 Å². The standard InChI is InChI=1S/4C3H7O.Ti/c4*1-3-4-2;/h4*3H,1-2H3;/q4*-1;+4. The minimum absolute atomic E-state index is 0. The van der Waals surface area contributed by atoms with Crippen LogP contribution in [0.2, 0.25) is 0 Å². The summed E-state index contributed by atoms with van der Waals surface area (Å²) in [6, 6.07) is 0. The largest absolute Gasteiger partial charge is 4.00 e. The molecule has 0 radical (unpaired) electrons. The number of rotatable bonds is 4. The summed E-state index contributed by atoms with van der Waals surface area (Å²) in [5.41, 5.74) is 0. The SMILES string of the molecule is C[CH-]OC.C[CH-]OC.C[CH-]OC.C[CH-]OC.[Ti+4]. The number of methoxy groups -OCH3 is 4. The van der Waals surface area contributed by atoms with Gasteiger partial charge in [0.1, 0.15) is 0 Å². The molecule has 5 heteroatoms. The molecule has 0 bridgehead atoms. The zero-order valence-electron chi connectivity index (χ0n) is 12.4. The molecule has 0 fully saturated rings. The van der Waals surface area contributed by atoms with Gasteiger partial charge in [-0.25, -0.2) is 26.4 Å². The molecule has 0 rings (SSSR count). The molecule has 0 heterocycles. The summed E-state index contributed by atoms with van der Waals surface area (Å²) >= 11 is 0. The molecule has 0 aliphatic rings. The second-order valence-electron chi connectivity index (χ2n) is 1.89. The van der Waals surface area contributed by atoms with Crippen LogP contribution in [0.15, 0.2) is 0 Å². The molecule has 0 atom stereocenters. The first-order valence-electron chi connectivity index (χ1n) is 4.89. The van der Waals surface area contributed by atoms with Crippen molar-refractivity contribution in [1.82, 2.24) is 0 Å². The molecule has 0 aromatic heterocycles. The molecule has 0 spiro atoms. The first-order valence-corrected chi connectivity index (χ1v) is 4.89. The van der Waals surface area contributed by atoms with Crippen molar-refractivity contribution in [2.24, 2.45) is 0 Å². The Morgan fingerprint density at radius 1 is 0.471 bits per heavy atom. The zero-order chi connectivity index (χ0) is 13.7. The Labute approximate surface area is 123 Å². The Morgan fingerprint density at radius 2 is 0.529 bits per heavy atom. The third kappa shape index (κ3) is 169. The fourth-order valence-electron chi connectivity index (χ4n) is 0. The molecule has 0 aromatic rings. The van der Waals surface area contributed by atoms with Gasteiger partial charge in [-0.2, -0.15) is 27.7 Å². The number of ether oxygens (including phenoxy) is 4. The quantitative estimate of drug-likeness (QED) is 0.586.